The first kappa shape index (κ1) is 20.5. The van der Waals surface area contributed by atoms with E-state index in [-0.39, 0.29) is 18.5 Å². The van der Waals surface area contributed by atoms with Crippen molar-refractivity contribution in [1.29, 1.82) is 0 Å². The van der Waals surface area contributed by atoms with Gasteiger partial charge in [-0.3, -0.25) is 4.90 Å². The van der Waals surface area contributed by atoms with Gasteiger partial charge in [0, 0.05) is 32.7 Å². The highest BCUT2D eigenvalue weighted by Gasteiger charge is 2.25. The average molecular weight is 386 g/mol. The number of halogens is 1. The summed E-state index contributed by atoms with van der Waals surface area (Å²) < 4.78 is 18.5. The summed E-state index contributed by atoms with van der Waals surface area (Å²) in [5.41, 5.74) is 2.97. The predicted octanol–water partition coefficient (Wildman–Crippen LogP) is 3.22. The van der Waals surface area contributed by atoms with Crippen molar-refractivity contribution in [3.63, 3.8) is 0 Å². The fraction of sp³-hybridized carbons (Fsp3) is 0.409. The van der Waals surface area contributed by atoms with E-state index in [0.29, 0.717) is 32.7 Å². The van der Waals surface area contributed by atoms with Gasteiger partial charge in [-0.1, -0.05) is 47.6 Å². The normalized spacial score (nSPS) is 17.4. The molecule has 5 nitrogen and oxygen atoms in total. The molecule has 150 valence electrons. The molecule has 0 spiro atoms. The van der Waals surface area contributed by atoms with E-state index in [1.165, 1.54) is 12.1 Å². The molecule has 0 bridgehead atoms. The van der Waals surface area contributed by atoms with Gasteiger partial charge in [0.25, 0.3) is 0 Å². The molecule has 1 heterocycles. The second kappa shape index (κ2) is 10.3. The van der Waals surface area contributed by atoms with Gasteiger partial charge in [0.2, 0.25) is 0 Å². The van der Waals surface area contributed by atoms with Gasteiger partial charge < -0.3 is 14.7 Å². The van der Waals surface area contributed by atoms with Crippen molar-refractivity contribution in [2.24, 2.45) is 5.16 Å². The van der Waals surface area contributed by atoms with Crippen LogP contribution in [0.25, 0.3) is 0 Å². The van der Waals surface area contributed by atoms with Gasteiger partial charge >= 0.3 is 0 Å². The summed E-state index contributed by atoms with van der Waals surface area (Å²) >= 11 is 0. The molecule has 0 radical (unpaired) electrons. The molecule has 0 saturated carbocycles. The number of benzene rings is 2. The quantitative estimate of drug-likeness (QED) is 0.681. The molecular formula is C22H27FN2O3. The standard InChI is InChI=1S/C22H27FN2O3/c1-2-27-16-20(26)14-25(13-17-8-10-19(23)11-9-17)15-21-12-22(24-28-21)18-6-4-3-5-7-18/h3-11,20-21,26H,2,12-16H2,1H3/t20-,21+/m0/s1. The summed E-state index contributed by atoms with van der Waals surface area (Å²) in [6, 6.07) is 16.4. The lowest BCUT2D eigenvalue weighted by atomic mass is 10.0. The summed E-state index contributed by atoms with van der Waals surface area (Å²) in [4.78, 5) is 7.75. The van der Waals surface area contributed by atoms with Crippen LogP contribution in [0, 0.1) is 5.82 Å². The van der Waals surface area contributed by atoms with E-state index in [4.69, 9.17) is 9.57 Å². The molecule has 1 N–H and O–H groups in total. The monoisotopic (exact) mass is 386 g/mol. The van der Waals surface area contributed by atoms with Crippen LogP contribution in [0.4, 0.5) is 4.39 Å². The maximum atomic E-state index is 13.2. The topological polar surface area (TPSA) is 54.3 Å². The smallest absolute Gasteiger partial charge is 0.145 e. The zero-order valence-electron chi connectivity index (χ0n) is 16.1. The molecule has 2 aromatic rings. The predicted molar refractivity (Wildman–Crippen MR) is 107 cm³/mol. The highest BCUT2D eigenvalue weighted by atomic mass is 19.1. The molecule has 6 heteroatoms. The minimum Gasteiger partial charge on any atom is -0.390 e. The molecule has 0 unspecified atom stereocenters. The Kier molecular flexibility index (Phi) is 7.54. The van der Waals surface area contributed by atoms with Gasteiger partial charge in [-0.2, -0.15) is 0 Å². The number of nitrogens with zero attached hydrogens (tertiary/aromatic N) is 2. The molecule has 1 aliphatic heterocycles. The third kappa shape index (κ3) is 6.12. The zero-order valence-corrected chi connectivity index (χ0v) is 16.1. The van der Waals surface area contributed by atoms with Crippen molar-refractivity contribution < 1.29 is 19.1 Å². The summed E-state index contributed by atoms with van der Waals surface area (Å²) in [5.74, 6) is -0.258. The van der Waals surface area contributed by atoms with Crippen molar-refractivity contribution >= 4 is 5.71 Å². The minimum atomic E-state index is -0.601. The molecule has 0 aromatic heterocycles. The number of oxime groups is 1. The second-order valence-corrected chi connectivity index (χ2v) is 6.97. The Bertz CT molecular complexity index is 752. The third-order valence-corrected chi connectivity index (χ3v) is 4.60. The van der Waals surface area contributed by atoms with E-state index in [0.717, 1.165) is 16.8 Å². The fourth-order valence-corrected chi connectivity index (χ4v) is 3.27. The lowest BCUT2D eigenvalue weighted by Gasteiger charge is -2.27. The molecule has 0 aliphatic carbocycles. The lowest BCUT2D eigenvalue weighted by Crippen LogP contribution is -2.39. The number of aliphatic hydroxyl groups excluding tert-OH is 1. The number of hydrogen-bond acceptors (Lipinski definition) is 5. The van der Waals surface area contributed by atoms with E-state index < -0.39 is 6.10 Å². The van der Waals surface area contributed by atoms with Gasteiger partial charge in [-0.15, -0.1) is 0 Å². The maximum absolute atomic E-state index is 13.2. The van der Waals surface area contributed by atoms with Crippen LogP contribution in [0.2, 0.25) is 0 Å². The van der Waals surface area contributed by atoms with Gasteiger partial charge in [-0.25, -0.2) is 4.39 Å². The van der Waals surface area contributed by atoms with Crippen LogP contribution in [-0.2, 0) is 16.1 Å². The van der Waals surface area contributed by atoms with Gasteiger partial charge in [0.15, 0.2) is 0 Å². The largest absolute Gasteiger partial charge is 0.390 e. The molecule has 2 aromatic carbocycles. The van der Waals surface area contributed by atoms with E-state index >= 15 is 0 Å². The SMILES string of the molecule is CCOC[C@@H](O)CN(Cc1ccc(F)cc1)C[C@H]1CC(c2ccccc2)=NO1. The van der Waals surface area contributed by atoms with Crippen LogP contribution >= 0.6 is 0 Å². The average Bonchev–Trinajstić information content (AvgIpc) is 3.17. The number of hydrogen-bond donors (Lipinski definition) is 1. The molecular weight excluding hydrogens is 359 g/mol. The highest BCUT2D eigenvalue weighted by molar-refractivity contribution is 6.01. The van der Waals surface area contributed by atoms with Gasteiger partial charge in [-0.05, 0) is 30.2 Å². The zero-order chi connectivity index (χ0) is 19.8. The molecule has 1 aliphatic rings. The molecule has 0 amide bonds. The maximum Gasteiger partial charge on any atom is 0.145 e. The van der Waals surface area contributed by atoms with Crippen LogP contribution in [0.1, 0.15) is 24.5 Å². The Morgan fingerprint density at radius 2 is 1.96 bits per heavy atom. The summed E-state index contributed by atoms with van der Waals surface area (Å²) in [5, 5.41) is 14.5. The first-order valence-corrected chi connectivity index (χ1v) is 9.64. The van der Waals surface area contributed by atoms with Crippen LogP contribution in [0.15, 0.2) is 59.8 Å². The second-order valence-electron chi connectivity index (χ2n) is 6.97. The number of rotatable bonds is 10. The Hall–Kier alpha value is -2.28. The third-order valence-electron chi connectivity index (χ3n) is 4.60. The first-order chi connectivity index (χ1) is 13.6. The Morgan fingerprint density at radius 3 is 2.68 bits per heavy atom. The molecule has 2 atom stereocenters. The van der Waals surface area contributed by atoms with Crippen LogP contribution in [0.5, 0.6) is 0 Å². The summed E-state index contributed by atoms with van der Waals surface area (Å²) in [6.45, 7) is 4.39. The number of ether oxygens (including phenoxy) is 1. The van der Waals surface area contributed by atoms with E-state index in [9.17, 15) is 9.50 Å². The van der Waals surface area contributed by atoms with Crippen LogP contribution < -0.4 is 0 Å². The summed E-state index contributed by atoms with van der Waals surface area (Å²) in [6.07, 6.45) is 0.0251. The van der Waals surface area contributed by atoms with Crippen molar-refractivity contribution in [3.8, 4) is 0 Å². The Balaban J connectivity index is 1.61. The number of aliphatic hydroxyl groups is 1. The van der Waals surface area contributed by atoms with Crippen molar-refractivity contribution in [1.82, 2.24) is 4.90 Å². The van der Waals surface area contributed by atoms with Crippen LogP contribution in [-0.4, -0.2) is 54.2 Å². The first-order valence-electron chi connectivity index (χ1n) is 9.64. The Labute approximate surface area is 165 Å². The highest BCUT2D eigenvalue weighted by Crippen LogP contribution is 2.19. The fourth-order valence-electron chi connectivity index (χ4n) is 3.27. The van der Waals surface area contributed by atoms with Gasteiger partial charge in [0.05, 0.1) is 18.4 Å². The van der Waals surface area contributed by atoms with Crippen molar-refractivity contribution in [2.45, 2.75) is 32.1 Å². The molecule has 0 fully saturated rings. The van der Waals surface area contributed by atoms with Crippen molar-refractivity contribution in [3.05, 3.63) is 71.5 Å². The van der Waals surface area contributed by atoms with Crippen LogP contribution in [0.3, 0.4) is 0 Å². The van der Waals surface area contributed by atoms with Gasteiger partial charge in [0.1, 0.15) is 11.9 Å². The van der Waals surface area contributed by atoms with E-state index in [1.54, 1.807) is 12.1 Å². The molecule has 28 heavy (non-hydrogen) atoms. The van der Waals surface area contributed by atoms with E-state index in [2.05, 4.69) is 10.1 Å². The molecule has 3 rings (SSSR count). The minimum absolute atomic E-state index is 0.0880. The lowest BCUT2D eigenvalue weighted by molar-refractivity contribution is 0.000489. The summed E-state index contributed by atoms with van der Waals surface area (Å²) in [7, 11) is 0. The van der Waals surface area contributed by atoms with Crippen molar-refractivity contribution in [2.75, 3.05) is 26.3 Å². The molecule has 0 saturated heterocycles. The Morgan fingerprint density at radius 1 is 1.21 bits per heavy atom. The van der Waals surface area contributed by atoms with E-state index in [1.807, 2.05) is 37.3 Å².